The second-order valence-corrected chi connectivity index (χ2v) is 9.23. The first-order valence-corrected chi connectivity index (χ1v) is 11.9. The summed E-state index contributed by atoms with van der Waals surface area (Å²) in [6.45, 7) is 1.95. The van der Waals surface area contributed by atoms with Gasteiger partial charge in [0.05, 0.1) is 24.3 Å². The predicted octanol–water partition coefficient (Wildman–Crippen LogP) is 4.90. The van der Waals surface area contributed by atoms with Crippen LogP contribution in [-0.2, 0) is 4.79 Å². The number of nitriles is 1. The van der Waals surface area contributed by atoms with Gasteiger partial charge in [-0.05, 0) is 19.1 Å². The maximum absolute atomic E-state index is 12.5. The summed E-state index contributed by atoms with van der Waals surface area (Å²) in [5.41, 5.74) is 1.94. The van der Waals surface area contributed by atoms with Crippen molar-refractivity contribution in [1.29, 1.82) is 5.26 Å². The van der Waals surface area contributed by atoms with Gasteiger partial charge in [-0.15, -0.1) is 23.7 Å². The predicted molar refractivity (Wildman–Crippen MR) is 140 cm³/mol. The number of nitrogens with one attached hydrogen (secondary N) is 2. The van der Waals surface area contributed by atoms with E-state index < -0.39 is 5.56 Å². The summed E-state index contributed by atoms with van der Waals surface area (Å²) in [6.07, 6.45) is 0. The van der Waals surface area contributed by atoms with Crippen molar-refractivity contribution in [3.8, 4) is 34.3 Å². The van der Waals surface area contributed by atoms with E-state index in [1.807, 2.05) is 43.3 Å². The molecule has 2 heterocycles. The minimum absolute atomic E-state index is 0. The van der Waals surface area contributed by atoms with E-state index in [4.69, 9.17) is 4.74 Å². The molecule has 0 saturated carbocycles. The van der Waals surface area contributed by atoms with Gasteiger partial charge < -0.3 is 15.0 Å². The molecule has 0 radical (unpaired) electrons. The molecule has 0 bridgehead atoms. The Bertz CT molecular complexity index is 1450. The van der Waals surface area contributed by atoms with Crippen LogP contribution in [0.1, 0.15) is 10.4 Å². The van der Waals surface area contributed by atoms with E-state index in [2.05, 4.69) is 20.3 Å². The largest absolute Gasteiger partial charge is 0.497 e. The molecular weight excluding hydrogens is 506 g/mol. The number of thioether (sulfide) groups is 1. The van der Waals surface area contributed by atoms with Gasteiger partial charge in [-0.1, -0.05) is 54.2 Å². The highest BCUT2D eigenvalue weighted by molar-refractivity contribution is 7.99. The van der Waals surface area contributed by atoms with E-state index in [1.165, 1.54) is 18.4 Å². The number of anilines is 1. The van der Waals surface area contributed by atoms with Gasteiger partial charge in [0.2, 0.25) is 5.91 Å². The van der Waals surface area contributed by atoms with E-state index >= 15 is 0 Å². The standard InChI is InChI=1S/C24H19N5O3S2.ClH/c1-14-20(15-7-4-3-5-8-15)27-24(34-14)26-19(30)13-33-23-28-21(18(12-25)22(31)29-23)16-9-6-10-17(11-16)32-2;/h3-11H,13H2,1-2H3,(H,26,27,30)(H,28,29,31);1H. The molecule has 0 spiro atoms. The summed E-state index contributed by atoms with van der Waals surface area (Å²) >= 11 is 2.46. The van der Waals surface area contributed by atoms with Gasteiger partial charge in [0.25, 0.3) is 5.56 Å². The Labute approximate surface area is 215 Å². The molecule has 178 valence electrons. The number of carbonyl (C=O) groups excluding carboxylic acids is 1. The second-order valence-electron chi connectivity index (χ2n) is 7.07. The molecule has 35 heavy (non-hydrogen) atoms. The zero-order chi connectivity index (χ0) is 24.1. The fourth-order valence-corrected chi connectivity index (χ4v) is 4.72. The number of halogens is 1. The summed E-state index contributed by atoms with van der Waals surface area (Å²) in [7, 11) is 1.53. The Balaban J connectivity index is 0.00000342. The number of amides is 1. The van der Waals surface area contributed by atoms with Crippen LogP contribution in [0.2, 0.25) is 0 Å². The van der Waals surface area contributed by atoms with E-state index in [1.54, 1.807) is 24.3 Å². The fourth-order valence-electron chi connectivity index (χ4n) is 3.21. The number of thiazole rings is 1. The summed E-state index contributed by atoms with van der Waals surface area (Å²) in [5.74, 6) is 0.296. The van der Waals surface area contributed by atoms with Crippen LogP contribution in [0.3, 0.4) is 0 Å². The first kappa shape index (κ1) is 26.0. The Hall–Kier alpha value is -3.65. The van der Waals surface area contributed by atoms with Gasteiger partial charge >= 0.3 is 0 Å². The maximum atomic E-state index is 12.5. The number of nitrogens with zero attached hydrogens (tertiary/aromatic N) is 3. The second kappa shape index (κ2) is 11.7. The molecule has 0 aliphatic heterocycles. The van der Waals surface area contributed by atoms with Gasteiger partial charge in [-0.2, -0.15) is 5.26 Å². The number of carbonyl (C=O) groups is 1. The first-order chi connectivity index (χ1) is 16.5. The molecule has 0 saturated heterocycles. The van der Waals surface area contributed by atoms with Gasteiger partial charge in [-0.3, -0.25) is 9.59 Å². The molecular formula is C24H20ClN5O3S2. The van der Waals surface area contributed by atoms with Crippen molar-refractivity contribution in [2.75, 3.05) is 18.2 Å². The third-order valence-electron chi connectivity index (χ3n) is 4.78. The molecule has 11 heteroatoms. The van der Waals surface area contributed by atoms with Crippen LogP contribution in [-0.4, -0.2) is 33.7 Å². The summed E-state index contributed by atoms with van der Waals surface area (Å²) in [6, 6.07) is 18.6. The highest BCUT2D eigenvalue weighted by Gasteiger charge is 2.16. The number of ether oxygens (including phenoxy) is 1. The molecule has 0 fully saturated rings. The lowest BCUT2D eigenvalue weighted by atomic mass is 10.1. The zero-order valence-corrected chi connectivity index (χ0v) is 21.1. The lowest BCUT2D eigenvalue weighted by Crippen LogP contribution is -2.17. The van der Waals surface area contributed by atoms with E-state index in [0.29, 0.717) is 16.4 Å². The molecule has 0 aliphatic carbocycles. The van der Waals surface area contributed by atoms with Gasteiger partial charge in [-0.25, -0.2) is 9.97 Å². The van der Waals surface area contributed by atoms with Gasteiger partial charge in [0, 0.05) is 16.0 Å². The molecule has 0 aliphatic rings. The van der Waals surface area contributed by atoms with Gasteiger partial charge in [0.1, 0.15) is 17.4 Å². The van der Waals surface area contributed by atoms with Crippen LogP contribution >= 0.6 is 35.5 Å². The van der Waals surface area contributed by atoms with Crippen LogP contribution in [0.25, 0.3) is 22.5 Å². The number of methoxy groups -OCH3 is 1. The Morgan fingerprint density at radius 2 is 1.89 bits per heavy atom. The van der Waals surface area contributed by atoms with Crippen LogP contribution < -0.4 is 15.6 Å². The number of benzene rings is 2. The average Bonchev–Trinajstić information content (AvgIpc) is 3.22. The third kappa shape index (κ3) is 6.08. The first-order valence-electron chi connectivity index (χ1n) is 10.1. The number of hydrogen-bond donors (Lipinski definition) is 2. The lowest BCUT2D eigenvalue weighted by Gasteiger charge is -2.08. The number of aromatic amines is 1. The van der Waals surface area contributed by atoms with Crippen molar-refractivity contribution in [2.45, 2.75) is 12.1 Å². The highest BCUT2D eigenvalue weighted by Crippen LogP contribution is 2.30. The molecule has 0 atom stereocenters. The number of hydrogen-bond acceptors (Lipinski definition) is 8. The van der Waals surface area contributed by atoms with Gasteiger partial charge in [0.15, 0.2) is 10.3 Å². The zero-order valence-electron chi connectivity index (χ0n) is 18.7. The Morgan fingerprint density at radius 1 is 1.14 bits per heavy atom. The normalized spacial score (nSPS) is 10.2. The monoisotopic (exact) mass is 525 g/mol. The van der Waals surface area contributed by atoms with Crippen molar-refractivity contribution >= 4 is 46.5 Å². The summed E-state index contributed by atoms with van der Waals surface area (Å²) in [5, 5.41) is 13.0. The lowest BCUT2D eigenvalue weighted by molar-refractivity contribution is -0.113. The SMILES string of the molecule is COc1cccc(-c2nc(SCC(=O)Nc3nc(-c4ccccc4)c(C)s3)[nH]c(=O)c2C#N)c1.Cl. The molecule has 4 aromatic rings. The number of aromatic nitrogens is 3. The van der Waals surface area contributed by atoms with Crippen molar-refractivity contribution in [1.82, 2.24) is 15.0 Å². The van der Waals surface area contributed by atoms with E-state index in [0.717, 1.165) is 27.9 Å². The van der Waals surface area contributed by atoms with Crippen LogP contribution in [0, 0.1) is 18.3 Å². The molecule has 8 nitrogen and oxygen atoms in total. The van der Waals surface area contributed by atoms with Crippen molar-refractivity contribution in [3.05, 3.63) is 75.4 Å². The molecule has 2 aromatic carbocycles. The van der Waals surface area contributed by atoms with Crippen molar-refractivity contribution < 1.29 is 9.53 Å². The summed E-state index contributed by atoms with van der Waals surface area (Å²) < 4.78 is 5.22. The van der Waals surface area contributed by atoms with Crippen LogP contribution in [0.4, 0.5) is 5.13 Å². The molecule has 2 N–H and O–H groups in total. The third-order valence-corrected chi connectivity index (χ3v) is 6.54. The van der Waals surface area contributed by atoms with Crippen LogP contribution in [0.5, 0.6) is 5.75 Å². The topological polar surface area (TPSA) is 121 Å². The molecule has 1 amide bonds. The molecule has 0 unspecified atom stereocenters. The minimum Gasteiger partial charge on any atom is -0.497 e. The Kier molecular flexibility index (Phi) is 8.65. The smallest absolute Gasteiger partial charge is 0.270 e. The number of H-pyrrole nitrogens is 1. The summed E-state index contributed by atoms with van der Waals surface area (Å²) in [4.78, 5) is 37.5. The van der Waals surface area contributed by atoms with Crippen LogP contribution in [0.15, 0.2) is 64.5 Å². The molecule has 2 aromatic heterocycles. The minimum atomic E-state index is -0.568. The van der Waals surface area contributed by atoms with Crippen molar-refractivity contribution in [2.24, 2.45) is 0 Å². The average molecular weight is 526 g/mol. The maximum Gasteiger partial charge on any atom is 0.270 e. The quantitative estimate of drug-likeness (QED) is 0.260. The fraction of sp³-hybridized carbons (Fsp3) is 0.125. The van der Waals surface area contributed by atoms with Crippen molar-refractivity contribution in [3.63, 3.8) is 0 Å². The number of rotatable bonds is 7. The van der Waals surface area contributed by atoms with E-state index in [9.17, 15) is 14.9 Å². The molecule has 4 rings (SSSR count). The van der Waals surface area contributed by atoms with E-state index in [-0.39, 0.29) is 40.5 Å². The number of aryl methyl sites for hydroxylation is 1. The Morgan fingerprint density at radius 3 is 2.60 bits per heavy atom. The highest BCUT2D eigenvalue weighted by atomic mass is 35.5.